The minimum absolute atomic E-state index is 0.0590. The number of ether oxygens (including phenoxy) is 1. The fourth-order valence-electron chi connectivity index (χ4n) is 2.30. The minimum atomic E-state index is -0.0590. The van der Waals surface area contributed by atoms with Crippen molar-refractivity contribution in [2.75, 3.05) is 24.7 Å². The van der Waals surface area contributed by atoms with Gasteiger partial charge in [0.05, 0.1) is 6.61 Å². The van der Waals surface area contributed by atoms with E-state index in [0.717, 1.165) is 13.0 Å². The van der Waals surface area contributed by atoms with Crippen LogP contribution in [-0.4, -0.2) is 35.2 Å². The Balaban J connectivity index is 2.16. The summed E-state index contributed by atoms with van der Waals surface area (Å²) in [5, 5.41) is 0. The smallest absolute Gasteiger partial charge is 0.210 e. The Kier molecular flexibility index (Phi) is 2.65. The van der Waals surface area contributed by atoms with Crippen molar-refractivity contribution in [2.24, 2.45) is 0 Å². The highest BCUT2D eigenvalue weighted by atomic mass is 32.2. The average molecular weight is 201 g/mol. The molecule has 0 aromatic carbocycles. The summed E-state index contributed by atoms with van der Waals surface area (Å²) in [6.45, 7) is 3.24. The third-order valence-electron chi connectivity index (χ3n) is 3.21. The van der Waals surface area contributed by atoms with Gasteiger partial charge in [0.25, 0.3) is 0 Å². The Bertz CT molecular complexity index is 203. The lowest BCUT2D eigenvalue weighted by Crippen LogP contribution is -2.46. The number of hydrogen-bond donors (Lipinski definition) is 0. The topological polar surface area (TPSA) is 26.3 Å². The van der Waals surface area contributed by atoms with Gasteiger partial charge in [-0.05, 0) is 12.8 Å². The zero-order valence-electron chi connectivity index (χ0n) is 8.17. The van der Waals surface area contributed by atoms with Crippen LogP contribution >= 0.6 is 0 Å². The van der Waals surface area contributed by atoms with Gasteiger partial charge in [0.1, 0.15) is 18.1 Å². The number of carbonyl (C=O) groups excluding carboxylic acids is 1. The Labute approximate surface area is 82.4 Å². The summed E-state index contributed by atoms with van der Waals surface area (Å²) in [5.74, 6) is 2.90. The van der Waals surface area contributed by atoms with Gasteiger partial charge in [-0.25, -0.2) is 0 Å². The molecular weight excluding hydrogens is 184 g/mol. The Morgan fingerprint density at radius 2 is 2.08 bits per heavy atom. The van der Waals surface area contributed by atoms with Gasteiger partial charge in [0.2, 0.25) is 4.75 Å². The van der Waals surface area contributed by atoms with Gasteiger partial charge in [-0.15, -0.1) is 0 Å². The van der Waals surface area contributed by atoms with Crippen molar-refractivity contribution in [3.63, 3.8) is 0 Å². The Morgan fingerprint density at radius 1 is 1.38 bits per heavy atom. The molecule has 1 unspecified atom stereocenters. The van der Waals surface area contributed by atoms with Crippen LogP contribution in [0.5, 0.6) is 0 Å². The molecular formula is C10H17O2S+. The first-order chi connectivity index (χ1) is 6.26. The normalized spacial score (nSPS) is 35.5. The van der Waals surface area contributed by atoms with E-state index in [1.54, 1.807) is 6.92 Å². The van der Waals surface area contributed by atoms with Crippen molar-refractivity contribution >= 4 is 16.7 Å². The quantitative estimate of drug-likeness (QED) is 0.626. The third kappa shape index (κ3) is 1.52. The van der Waals surface area contributed by atoms with Gasteiger partial charge >= 0.3 is 0 Å². The molecule has 2 nitrogen and oxygen atoms in total. The highest BCUT2D eigenvalue weighted by Gasteiger charge is 2.55. The van der Waals surface area contributed by atoms with Crippen LogP contribution in [-0.2, 0) is 20.4 Å². The lowest BCUT2D eigenvalue weighted by atomic mass is 10.0. The lowest BCUT2D eigenvalue weighted by molar-refractivity contribution is -0.119. The molecule has 2 rings (SSSR count). The van der Waals surface area contributed by atoms with Gasteiger partial charge < -0.3 is 4.74 Å². The van der Waals surface area contributed by atoms with Crippen molar-refractivity contribution in [2.45, 2.75) is 30.9 Å². The molecule has 3 heteroatoms. The Morgan fingerprint density at radius 3 is 2.54 bits per heavy atom. The summed E-state index contributed by atoms with van der Waals surface area (Å²) in [5.41, 5.74) is 0. The molecule has 0 spiro atoms. The number of carbonyl (C=O) groups is 1. The maximum Gasteiger partial charge on any atom is 0.210 e. The number of Topliss-reactive ketones (excluding diaryl/α,β-unsaturated/α-hetero) is 1. The molecule has 0 aliphatic carbocycles. The first kappa shape index (κ1) is 9.53. The summed E-state index contributed by atoms with van der Waals surface area (Å²) < 4.78 is 5.36. The van der Waals surface area contributed by atoms with E-state index in [9.17, 15) is 4.79 Å². The summed E-state index contributed by atoms with van der Waals surface area (Å²) in [6.07, 6.45) is 3.61. The fourth-order valence-corrected chi connectivity index (χ4v) is 5.42. The van der Waals surface area contributed by atoms with E-state index in [2.05, 4.69) is 0 Å². The number of rotatable bonds is 2. The van der Waals surface area contributed by atoms with E-state index in [4.69, 9.17) is 4.74 Å². The molecule has 2 fully saturated rings. The number of hydrogen-bond acceptors (Lipinski definition) is 2. The summed E-state index contributed by atoms with van der Waals surface area (Å²) in [7, 11) is 0.334. The second-order valence-electron chi connectivity index (χ2n) is 3.96. The van der Waals surface area contributed by atoms with Crippen LogP contribution in [0.4, 0.5) is 0 Å². The minimum Gasteiger partial charge on any atom is -0.375 e. The molecule has 0 radical (unpaired) electrons. The van der Waals surface area contributed by atoms with Gasteiger partial charge in [-0.3, -0.25) is 4.79 Å². The maximum absolute atomic E-state index is 11.7. The molecule has 2 saturated heterocycles. The molecule has 1 atom stereocenters. The fraction of sp³-hybridized carbons (Fsp3) is 0.900. The SMILES string of the molecule is CC(=O)C1([S+]2CCCC2)CCOC1. The maximum atomic E-state index is 11.7. The van der Waals surface area contributed by atoms with E-state index >= 15 is 0 Å². The summed E-state index contributed by atoms with van der Waals surface area (Å²) >= 11 is 0. The van der Waals surface area contributed by atoms with Crippen molar-refractivity contribution in [3.05, 3.63) is 0 Å². The third-order valence-corrected chi connectivity index (χ3v) is 6.49. The van der Waals surface area contributed by atoms with Crippen LogP contribution in [0.1, 0.15) is 26.2 Å². The van der Waals surface area contributed by atoms with Crippen LogP contribution in [0, 0.1) is 0 Å². The molecule has 74 valence electrons. The summed E-state index contributed by atoms with van der Waals surface area (Å²) in [4.78, 5) is 11.7. The van der Waals surface area contributed by atoms with Crippen LogP contribution in [0.15, 0.2) is 0 Å². The second-order valence-corrected chi connectivity index (χ2v) is 6.54. The standard InChI is InChI=1S/C10H17O2S/c1-9(11)10(4-5-12-8-10)13-6-2-3-7-13/h2-8H2,1H3/q+1. The van der Waals surface area contributed by atoms with Gasteiger partial charge in [-0.1, -0.05) is 0 Å². The van der Waals surface area contributed by atoms with Gasteiger partial charge in [0.15, 0.2) is 5.78 Å². The van der Waals surface area contributed by atoms with Crippen molar-refractivity contribution < 1.29 is 9.53 Å². The molecule has 0 aromatic rings. The van der Waals surface area contributed by atoms with Crippen molar-refractivity contribution in [1.82, 2.24) is 0 Å². The zero-order valence-corrected chi connectivity index (χ0v) is 8.99. The molecule has 0 saturated carbocycles. The first-order valence-electron chi connectivity index (χ1n) is 5.02. The largest absolute Gasteiger partial charge is 0.375 e. The van der Waals surface area contributed by atoms with Crippen molar-refractivity contribution in [1.29, 1.82) is 0 Å². The van der Waals surface area contributed by atoms with Crippen LogP contribution < -0.4 is 0 Å². The van der Waals surface area contributed by atoms with Crippen LogP contribution in [0.3, 0.4) is 0 Å². The van der Waals surface area contributed by atoms with E-state index < -0.39 is 0 Å². The number of ketones is 1. The van der Waals surface area contributed by atoms with E-state index in [1.165, 1.54) is 24.3 Å². The monoisotopic (exact) mass is 201 g/mol. The Hall–Kier alpha value is -0.0200. The van der Waals surface area contributed by atoms with Gasteiger partial charge in [-0.2, -0.15) is 0 Å². The van der Waals surface area contributed by atoms with E-state index in [0.29, 0.717) is 23.3 Å². The molecule has 2 aliphatic rings. The molecule has 0 N–H and O–H groups in total. The summed E-state index contributed by atoms with van der Waals surface area (Å²) in [6, 6.07) is 0. The van der Waals surface area contributed by atoms with Crippen LogP contribution in [0.25, 0.3) is 0 Å². The highest BCUT2D eigenvalue weighted by Crippen LogP contribution is 2.35. The predicted molar refractivity (Wildman–Crippen MR) is 55.2 cm³/mol. The van der Waals surface area contributed by atoms with Crippen molar-refractivity contribution in [3.8, 4) is 0 Å². The lowest BCUT2D eigenvalue weighted by Gasteiger charge is -2.22. The molecule has 0 amide bonds. The van der Waals surface area contributed by atoms with E-state index in [-0.39, 0.29) is 4.75 Å². The zero-order chi connectivity index (χ0) is 9.31. The first-order valence-corrected chi connectivity index (χ1v) is 6.58. The van der Waals surface area contributed by atoms with Gasteiger partial charge in [0, 0.05) is 24.2 Å². The van der Waals surface area contributed by atoms with E-state index in [1.807, 2.05) is 0 Å². The predicted octanol–water partition coefficient (Wildman–Crippen LogP) is 1.15. The highest BCUT2D eigenvalue weighted by molar-refractivity contribution is 7.99. The molecule has 0 aromatic heterocycles. The second kappa shape index (κ2) is 3.62. The average Bonchev–Trinajstić information content (AvgIpc) is 2.75. The molecule has 0 bridgehead atoms. The molecule has 13 heavy (non-hydrogen) atoms. The molecule has 2 aliphatic heterocycles. The molecule has 2 heterocycles. The van der Waals surface area contributed by atoms with Crippen LogP contribution in [0.2, 0.25) is 0 Å².